The van der Waals surface area contributed by atoms with Gasteiger partial charge in [-0.25, -0.2) is 8.42 Å². The molecule has 114 valence electrons. The number of nitrogens with one attached hydrogen (secondary N) is 1. The number of benzene rings is 1. The molecule has 1 heterocycles. The molecule has 21 heavy (non-hydrogen) atoms. The fraction of sp³-hybridized carbons (Fsp3) is 0.357. The second kappa shape index (κ2) is 6.62. The van der Waals surface area contributed by atoms with E-state index >= 15 is 0 Å². The number of nitrogens with two attached hydrogens (primary N) is 1. The van der Waals surface area contributed by atoms with Gasteiger partial charge in [0.15, 0.2) is 9.84 Å². The lowest BCUT2D eigenvalue weighted by Gasteiger charge is -2.08. The van der Waals surface area contributed by atoms with Gasteiger partial charge in [0.05, 0.1) is 29.1 Å². The predicted octanol–water partition coefficient (Wildman–Crippen LogP) is 1.76. The lowest BCUT2D eigenvalue weighted by molar-refractivity contribution is 0.594. The fourth-order valence-corrected chi connectivity index (χ4v) is 3.31. The van der Waals surface area contributed by atoms with Crippen molar-refractivity contribution in [1.82, 2.24) is 9.78 Å². The van der Waals surface area contributed by atoms with Gasteiger partial charge in [0.2, 0.25) is 0 Å². The molecule has 0 aliphatic heterocycles. The number of nitrogen functional groups attached to an aromatic ring is 1. The number of sulfone groups is 1. The van der Waals surface area contributed by atoms with Gasteiger partial charge in [-0.1, -0.05) is 6.92 Å². The molecule has 1 aromatic carbocycles. The molecule has 1 aromatic heterocycles. The number of nitrogens with zero attached hydrogens (tertiary/aromatic N) is 2. The second-order valence-electron chi connectivity index (χ2n) is 4.81. The van der Waals surface area contributed by atoms with Gasteiger partial charge in [0.25, 0.3) is 0 Å². The van der Waals surface area contributed by atoms with Gasteiger partial charge in [-0.15, -0.1) is 0 Å². The smallest absolute Gasteiger partial charge is 0.178 e. The Hall–Kier alpha value is -2.02. The highest BCUT2D eigenvalue weighted by molar-refractivity contribution is 7.91. The van der Waals surface area contributed by atoms with Crippen LogP contribution in [0.1, 0.15) is 13.3 Å². The van der Waals surface area contributed by atoms with E-state index in [4.69, 9.17) is 5.73 Å². The predicted molar refractivity (Wildman–Crippen MR) is 83.9 cm³/mol. The van der Waals surface area contributed by atoms with Crippen LogP contribution in [-0.4, -0.2) is 30.5 Å². The summed E-state index contributed by atoms with van der Waals surface area (Å²) >= 11 is 0. The summed E-state index contributed by atoms with van der Waals surface area (Å²) in [5.74, 6) is 0.181. The van der Waals surface area contributed by atoms with Gasteiger partial charge in [-0.2, -0.15) is 5.10 Å². The second-order valence-corrected chi connectivity index (χ2v) is 6.92. The maximum Gasteiger partial charge on any atom is 0.178 e. The van der Waals surface area contributed by atoms with E-state index in [1.54, 1.807) is 41.3 Å². The Labute approximate surface area is 124 Å². The minimum Gasteiger partial charge on any atom is -0.396 e. The molecule has 0 saturated heterocycles. The van der Waals surface area contributed by atoms with Crippen molar-refractivity contribution >= 4 is 21.2 Å². The van der Waals surface area contributed by atoms with E-state index in [9.17, 15) is 8.42 Å². The van der Waals surface area contributed by atoms with Gasteiger partial charge in [0, 0.05) is 18.4 Å². The summed E-state index contributed by atoms with van der Waals surface area (Å²) in [5.41, 5.74) is 7.10. The van der Waals surface area contributed by atoms with Crippen LogP contribution in [0.25, 0.3) is 0 Å². The zero-order chi connectivity index (χ0) is 15.3. The standard InChI is InChI=1S/C14H20N4O2S/c1-2-9-21(19,20)14-5-3-13(4-6-14)16-7-8-18-11-12(15)10-17-18/h3-6,10-11,16H,2,7-9,15H2,1H3. The molecule has 3 N–H and O–H groups in total. The molecule has 0 spiro atoms. The molecule has 0 fully saturated rings. The van der Waals surface area contributed by atoms with E-state index in [0.29, 0.717) is 30.1 Å². The highest BCUT2D eigenvalue weighted by Crippen LogP contribution is 2.16. The summed E-state index contributed by atoms with van der Waals surface area (Å²) in [7, 11) is -3.14. The zero-order valence-electron chi connectivity index (χ0n) is 12.0. The van der Waals surface area contributed by atoms with Crippen LogP contribution in [0.15, 0.2) is 41.6 Å². The summed E-state index contributed by atoms with van der Waals surface area (Å²) in [6, 6.07) is 6.83. The number of hydrogen-bond acceptors (Lipinski definition) is 5. The molecule has 2 aromatic rings. The molecule has 0 amide bonds. The van der Waals surface area contributed by atoms with Gasteiger partial charge in [-0.3, -0.25) is 4.68 Å². The lowest BCUT2D eigenvalue weighted by atomic mass is 10.3. The van der Waals surface area contributed by atoms with Crippen LogP contribution >= 0.6 is 0 Å². The van der Waals surface area contributed by atoms with Crippen LogP contribution in [0.5, 0.6) is 0 Å². The highest BCUT2D eigenvalue weighted by atomic mass is 32.2. The van der Waals surface area contributed by atoms with Gasteiger partial charge < -0.3 is 11.1 Å². The maximum atomic E-state index is 11.9. The normalized spacial score (nSPS) is 11.5. The largest absolute Gasteiger partial charge is 0.396 e. The first-order valence-electron chi connectivity index (χ1n) is 6.86. The van der Waals surface area contributed by atoms with Crippen LogP contribution in [0.2, 0.25) is 0 Å². The van der Waals surface area contributed by atoms with Crippen molar-refractivity contribution in [2.45, 2.75) is 24.8 Å². The monoisotopic (exact) mass is 308 g/mol. The summed E-state index contributed by atoms with van der Waals surface area (Å²) in [4.78, 5) is 0.370. The third kappa shape index (κ3) is 4.22. The Bertz CT molecular complexity index is 677. The molecule has 7 heteroatoms. The average molecular weight is 308 g/mol. The zero-order valence-corrected chi connectivity index (χ0v) is 12.8. The quantitative estimate of drug-likeness (QED) is 0.813. The van der Waals surface area contributed by atoms with Crippen molar-refractivity contribution in [3.05, 3.63) is 36.7 Å². The topological polar surface area (TPSA) is 90.0 Å². The molecule has 0 bridgehead atoms. The minimum atomic E-state index is -3.14. The molecular formula is C14H20N4O2S. The van der Waals surface area contributed by atoms with E-state index < -0.39 is 9.84 Å². The number of anilines is 2. The van der Waals surface area contributed by atoms with Crippen LogP contribution in [-0.2, 0) is 16.4 Å². The summed E-state index contributed by atoms with van der Waals surface area (Å²) < 4.78 is 25.6. The first-order valence-corrected chi connectivity index (χ1v) is 8.51. The van der Waals surface area contributed by atoms with Crippen molar-refractivity contribution in [2.75, 3.05) is 23.3 Å². The Morgan fingerprint density at radius 3 is 2.57 bits per heavy atom. The van der Waals surface area contributed by atoms with Crippen molar-refractivity contribution in [3.63, 3.8) is 0 Å². The molecular weight excluding hydrogens is 288 g/mol. The van der Waals surface area contributed by atoms with E-state index in [0.717, 1.165) is 5.69 Å². The number of aromatic nitrogens is 2. The summed E-state index contributed by atoms with van der Waals surface area (Å²) in [5, 5.41) is 7.30. The SMILES string of the molecule is CCCS(=O)(=O)c1ccc(NCCn2cc(N)cn2)cc1. The van der Waals surface area contributed by atoms with Crippen molar-refractivity contribution in [2.24, 2.45) is 0 Å². The first kappa shape index (κ1) is 15.4. The molecule has 6 nitrogen and oxygen atoms in total. The Morgan fingerprint density at radius 1 is 1.29 bits per heavy atom. The highest BCUT2D eigenvalue weighted by Gasteiger charge is 2.12. The number of hydrogen-bond donors (Lipinski definition) is 2. The average Bonchev–Trinajstić information content (AvgIpc) is 2.85. The molecule has 0 unspecified atom stereocenters. The van der Waals surface area contributed by atoms with Crippen molar-refractivity contribution < 1.29 is 8.42 Å². The molecule has 0 saturated carbocycles. The Morgan fingerprint density at radius 2 is 2.00 bits per heavy atom. The Kier molecular flexibility index (Phi) is 4.85. The summed E-state index contributed by atoms with van der Waals surface area (Å²) in [6.45, 7) is 3.23. The van der Waals surface area contributed by atoms with Crippen LogP contribution in [0.4, 0.5) is 11.4 Å². The van der Waals surface area contributed by atoms with E-state index in [-0.39, 0.29) is 5.75 Å². The fourth-order valence-electron chi connectivity index (χ4n) is 1.98. The van der Waals surface area contributed by atoms with Gasteiger partial charge in [0.1, 0.15) is 0 Å². The van der Waals surface area contributed by atoms with E-state index in [1.807, 2.05) is 6.92 Å². The van der Waals surface area contributed by atoms with Crippen LogP contribution < -0.4 is 11.1 Å². The molecule has 0 aliphatic carbocycles. The van der Waals surface area contributed by atoms with Crippen LogP contribution in [0.3, 0.4) is 0 Å². The van der Waals surface area contributed by atoms with Gasteiger partial charge >= 0.3 is 0 Å². The Balaban J connectivity index is 1.90. The molecule has 0 radical (unpaired) electrons. The molecule has 0 aliphatic rings. The summed E-state index contributed by atoms with van der Waals surface area (Å²) in [6.07, 6.45) is 3.99. The van der Waals surface area contributed by atoms with E-state index in [2.05, 4.69) is 10.4 Å². The van der Waals surface area contributed by atoms with Crippen molar-refractivity contribution in [1.29, 1.82) is 0 Å². The van der Waals surface area contributed by atoms with Gasteiger partial charge in [-0.05, 0) is 30.7 Å². The van der Waals surface area contributed by atoms with E-state index in [1.165, 1.54) is 0 Å². The minimum absolute atomic E-state index is 0.181. The maximum absolute atomic E-state index is 11.9. The lowest BCUT2D eigenvalue weighted by Crippen LogP contribution is -2.11. The first-order chi connectivity index (χ1) is 10.0. The third-order valence-electron chi connectivity index (χ3n) is 3.01. The molecule has 2 rings (SSSR count). The van der Waals surface area contributed by atoms with Crippen LogP contribution in [0, 0.1) is 0 Å². The van der Waals surface area contributed by atoms with Crippen molar-refractivity contribution in [3.8, 4) is 0 Å². The molecule has 0 atom stereocenters. The third-order valence-corrected chi connectivity index (χ3v) is 4.95. The number of rotatable bonds is 7.